The van der Waals surface area contributed by atoms with Crippen molar-refractivity contribution in [1.82, 2.24) is 15.5 Å². The van der Waals surface area contributed by atoms with Crippen molar-refractivity contribution < 1.29 is 9.18 Å². The predicted octanol–water partition coefficient (Wildman–Crippen LogP) is 4.64. The number of rotatable bonds is 7. The molecule has 35 heavy (non-hydrogen) atoms. The average molecular weight is 473 g/mol. The second kappa shape index (κ2) is 10.2. The van der Waals surface area contributed by atoms with Crippen molar-refractivity contribution in [2.75, 3.05) is 13.1 Å². The Hall–Kier alpha value is -3.17. The summed E-state index contributed by atoms with van der Waals surface area (Å²) in [5.41, 5.74) is 4.27. The highest BCUT2D eigenvalue weighted by Gasteiger charge is 2.43. The molecule has 2 saturated heterocycles. The lowest BCUT2D eigenvalue weighted by Gasteiger charge is -2.30. The number of nitrogens with zero attached hydrogens (tertiary/aromatic N) is 2. The minimum Gasteiger partial charge on any atom is -0.372 e. The molecular formula is C29H33FN4O. The third kappa shape index (κ3) is 5.11. The molecule has 3 aliphatic rings. The number of carbonyl (C=O) groups excluding carboxylic acids is 1. The number of halogens is 1. The SMILES string of the molecule is C=C(c1ccc(-c2ccc(CC(C#N)NC(=O)C3NC4CCC3C4)c(F)c2)cc1)N1CCCCC1. The summed E-state index contributed by atoms with van der Waals surface area (Å²) in [4.78, 5) is 15.0. The summed E-state index contributed by atoms with van der Waals surface area (Å²) < 4.78 is 15.0. The third-order valence-corrected chi connectivity index (χ3v) is 7.88. The zero-order chi connectivity index (χ0) is 24.4. The highest BCUT2D eigenvalue weighted by atomic mass is 19.1. The predicted molar refractivity (Wildman–Crippen MR) is 136 cm³/mol. The summed E-state index contributed by atoms with van der Waals surface area (Å²) >= 11 is 0. The van der Waals surface area contributed by atoms with Gasteiger partial charge in [0.15, 0.2) is 0 Å². The number of hydrogen-bond acceptors (Lipinski definition) is 4. The van der Waals surface area contributed by atoms with Gasteiger partial charge in [0.25, 0.3) is 0 Å². The Balaban J connectivity index is 1.22. The van der Waals surface area contributed by atoms with Gasteiger partial charge in [0.1, 0.15) is 11.9 Å². The number of amides is 1. The molecule has 1 amide bonds. The summed E-state index contributed by atoms with van der Waals surface area (Å²) in [6.45, 7) is 6.38. The summed E-state index contributed by atoms with van der Waals surface area (Å²) in [6.07, 6.45) is 7.03. The van der Waals surface area contributed by atoms with E-state index in [0.29, 0.717) is 17.5 Å². The maximum atomic E-state index is 15.0. The molecule has 2 heterocycles. The molecule has 2 aromatic carbocycles. The van der Waals surface area contributed by atoms with Gasteiger partial charge in [-0.25, -0.2) is 4.39 Å². The van der Waals surface area contributed by atoms with Crippen LogP contribution in [0.3, 0.4) is 0 Å². The lowest BCUT2D eigenvalue weighted by Crippen LogP contribution is -2.50. The smallest absolute Gasteiger partial charge is 0.238 e. The van der Waals surface area contributed by atoms with Crippen LogP contribution in [0.5, 0.6) is 0 Å². The number of benzene rings is 2. The molecule has 1 saturated carbocycles. The monoisotopic (exact) mass is 472 g/mol. The topological polar surface area (TPSA) is 68.2 Å². The van der Waals surface area contributed by atoms with Gasteiger partial charge in [-0.15, -0.1) is 0 Å². The quantitative estimate of drug-likeness (QED) is 0.616. The first-order valence-electron chi connectivity index (χ1n) is 12.8. The fourth-order valence-corrected chi connectivity index (χ4v) is 5.85. The number of carbonyl (C=O) groups is 1. The zero-order valence-electron chi connectivity index (χ0n) is 20.1. The van der Waals surface area contributed by atoms with Crippen LogP contribution in [0.1, 0.15) is 49.7 Å². The molecule has 0 aromatic heterocycles. The van der Waals surface area contributed by atoms with E-state index in [1.54, 1.807) is 6.07 Å². The summed E-state index contributed by atoms with van der Waals surface area (Å²) in [6, 6.07) is 14.7. The van der Waals surface area contributed by atoms with Gasteiger partial charge in [0.05, 0.1) is 12.1 Å². The van der Waals surface area contributed by atoms with Crippen LogP contribution in [-0.4, -0.2) is 42.0 Å². The molecule has 5 rings (SSSR count). The second-order valence-electron chi connectivity index (χ2n) is 10.2. The van der Waals surface area contributed by atoms with E-state index in [0.717, 1.165) is 54.7 Å². The third-order valence-electron chi connectivity index (χ3n) is 7.88. The summed E-state index contributed by atoms with van der Waals surface area (Å²) in [5.74, 6) is -0.164. The van der Waals surface area contributed by atoms with Crippen molar-refractivity contribution in [2.45, 2.75) is 63.1 Å². The van der Waals surface area contributed by atoms with Crippen LogP contribution in [0.25, 0.3) is 16.8 Å². The van der Waals surface area contributed by atoms with Crippen LogP contribution in [-0.2, 0) is 11.2 Å². The van der Waals surface area contributed by atoms with Crippen molar-refractivity contribution in [1.29, 1.82) is 5.26 Å². The zero-order valence-corrected chi connectivity index (χ0v) is 20.1. The molecule has 0 spiro atoms. The van der Waals surface area contributed by atoms with Crippen LogP contribution in [0.15, 0.2) is 49.0 Å². The maximum absolute atomic E-state index is 15.0. The Bertz CT molecular complexity index is 1130. The fourth-order valence-electron chi connectivity index (χ4n) is 5.85. The number of piperidine rings is 2. The van der Waals surface area contributed by atoms with Crippen molar-refractivity contribution >= 4 is 11.6 Å². The number of nitriles is 1. The van der Waals surface area contributed by atoms with Crippen LogP contribution < -0.4 is 10.6 Å². The molecular weight excluding hydrogens is 439 g/mol. The van der Waals surface area contributed by atoms with E-state index in [1.165, 1.54) is 25.3 Å². The molecule has 2 bridgehead atoms. The lowest BCUT2D eigenvalue weighted by molar-refractivity contribution is -0.124. The molecule has 4 unspecified atom stereocenters. The largest absolute Gasteiger partial charge is 0.372 e. The lowest BCUT2D eigenvalue weighted by atomic mass is 9.97. The van der Waals surface area contributed by atoms with Crippen molar-refractivity contribution in [3.05, 3.63) is 66.0 Å². The van der Waals surface area contributed by atoms with Gasteiger partial charge in [-0.2, -0.15) is 5.26 Å². The van der Waals surface area contributed by atoms with E-state index in [1.807, 2.05) is 30.3 Å². The molecule has 1 aliphatic carbocycles. The van der Waals surface area contributed by atoms with Gasteiger partial charge in [-0.05, 0) is 72.8 Å². The minimum atomic E-state index is -0.760. The van der Waals surface area contributed by atoms with E-state index in [2.05, 4.69) is 28.2 Å². The number of nitrogens with one attached hydrogen (secondary N) is 2. The first-order chi connectivity index (χ1) is 17.0. The van der Waals surface area contributed by atoms with Gasteiger partial charge in [-0.3, -0.25) is 4.79 Å². The van der Waals surface area contributed by atoms with Gasteiger partial charge in [0, 0.05) is 31.2 Å². The molecule has 5 nitrogen and oxygen atoms in total. The average Bonchev–Trinajstić information content (AvgIpc) is 3.54. The summed E-state index contributed by atoms with van der Waals surface area (Å²) in [5, 5.41) is 15.7. The van der Waals surface area contributed by atoms with Gasteiger partial charge in [0.2, 0.25) is 5.91 Å². The van der Waals surface area contributed by atoms with E-state index < -0.39 is 6.04 Å². The fraction of sp³-hybridized carbons (Fsp3) is 0.448. The summed E-state index contributed by atoms with van der Waals surface area (Å²) in [7, 11) is 0. The van der Waals surface area contributed by atoms with Crippen molar-refractivity contribution in [2.24, 2.45) is 5.92 Å². The van der Waals surface area contributed by atoms with Gasteiger partial charge in [-0.1, -0.05) is 43.0 Å². The first-order valence-corrected chi connectivity index (χ1v) is 12.8. The molecule has 2 aliphatic heterocycles. The Morgan fingerprint density at radius 3 is 2.51 bits per heavy atom. The van der Waals surface area contributed by atoms with Crippen LogP contribution in [0, 0.1) is 23.1 Å². The number of hydrogen-bond donors (Lipinski definition) is 2. The number of fused-ring (bicyclic) bond motifs is 2. The van der Waals surface area contributed by atoms with Crippen LogP contribution in [0.2, 0.25) is 0 Å². The molecule has 182 valence electrons. The molecule has 0 radical (unpaired) electrons. The first kappa shape index (κ1) is 23.6. The highest BCUT2D eigenvalue weighted by Crippen LogP contribution is 2.35. The maximum Gasteiger partial charge on any atom is 0.238 e. The Labute approximate surface area is 207 Å². The van der Waals surface area contributed by atoms with E-state index in [4.69, 9.17) is 0 Å². The van der Waals surface area contributed by atoms with Crippen LogP contribution >= 0.6 is 0 Å². The second-order valence-corrected chi connectivity index (χ2v) is 10.2. The standard InChI is InChI=1S/C29H33FN4O/c1-19(34-13-3-2-4-14-34)20-5-7-21(8-6-20)22-9-10-23(27(30)17-22)15-26(18-31)33-29(35)28-24-11-12-25(16-24)32-28/h5-10,17,24-26,28,32H,1-4,11-16H2,(H,33,35). The molecule has 3 fully saturated rings. The van der Waals surface area contributed by atoms with Crippen molar-refractivity contribution in [3.8, 4) is 17.2 Å². The molecule has 2 N–H and O–H groups in total. The number of likely N-dealkylation sites (tertiary alicyclic amines) is 1. The normalized spacial score (nSPS) is 24.1. The Kier molecular flexibility index (Phi) is 6.88. The Morgan fingerprint density at radius 1 is 1.14 bits per heavy atom. The van der Waals surface area contributed by atoms with Crippen molar-refractivity contribution in [3.63, 3.8) is 0 Å². The minimum absolute atomic E-state index is 0.143. The van der Waals surface area contributed by atoms with E-state index in [9.17, 15) is 14.4 Å². The van der Waals surface area contributed by atoms with Crippen LogP contribution in [0.4, 0.5) is 4.39 Å². The molecule has 2 aromatic rings. The molecule has 6 heteroatoms. The van der Waals surface area contributed by atoms with E-state index >= 15 is 0 Å². The van der Waals surface area contributed by atoms with Gasteiger partial charge < -0.3 is 15.5 Å². The van der Waals surface area contributed by atoms with Gasteiger partial charge >= 0.3 is 0 Å². The Morgan fingerprint density at radius 2 is 1.89 bits per heavy atom. The highest BCUT2D eigenvalue weighted by molar-refractivity contribution is 5.83. The van der Waals surface area contributed by atoms with E-state index in [-0.39, 0.29) is 24.2 Å². The molecule has 4 atom stereocenters.